The summed E-state index contributed by atoms with van der Waals surface area (Å²) in [5.41, 5.74) is 0. The molecule has 1 amide bonds. The number of hydrogen-bond donors (Lipinski definition) is 0. The topological polar surface area (TPSA) is 58.6 Å². The second kappa shape index (κ2) is 4.84. The van der Waals surface area contributed by atoms with Gasteiger partial charge in [-0.2, -0.15) is 0 Å². The van der Waals surface area contributed by atoms with Gasteiger partial charge >= 0.3 is 6.09 Å². The molecule has 3 atom stereocenters. The quantitative estimate of drug-likeness (QED) is 0.808. The Hall–Kier alpha value is -0.890. The van der Waals surface area contributed by atoms with Gasteiger partial charge in [-0.05, 0) is 40.6 Å². The van der Waals surface area contributed by atoms with Crippen LogP contribution in [0.4, 0.5) is 9.93 Å². The monoisotopic (exact) mass is 358 g/mol. The maximum atomic E-state index is 11.8. The van der Waals surface area contributed by atoms with E-state index in [-0.39, 0.29) is 6.09 Å². The van der Waals surface area contributed by atoms with E-state index in [2.05, 4.69) is 31.0 Å². The predicted octanol–water partition coefficient (Wildman–Crippen LogP) is 1.97. The first-order chi connectivity index (χ1) is 9.72. The Kier molecular flexibility index (Phi) is 3.10. The van der Waals surface area contributed by atoms with E-state index in [0.29, 0.717) is 24.5 Å². The average molecular weight is 359 g/mol. The highest BCUT2D eigenvalue weighted by atomic mass is 79.9. The summed E-state index contributed by atoms with van der Waals surface area (Å²) >= 11 is 4.94. The Morgan fingerprint density at radius 1 is 1.25 bits per heavy atom. The van der Waals surface area contributed by atoms with Gasteiger partial charge in [-0.3, -0.25) is 0 Å². The van der Waals surface area contributed by atoms with Gasteiger partial charge in [0.05, 0.1) is 6.54 Å². The molecule has 0 unspecified atom stereocenters. The number of amides is 1. The first-order valence-corrected chi connectivity index (χ1v) is 8.50. The SMILES string of the molecule is O=C1OCCN1[C@H]1[C@@H]2CC[C@H]1CN(c1nnc(Br)s1)C2. The van der Waals surface area contributed by atoms with E-state index < -0.39 is 0 Å². The van der Waals surface area contributed by atoms with Crippen molar-refractivity contribution in [3.63, 3.8) is 0 Å². The van der Waals surface area contributed by atoms with Gasteiger partial charge in [0.1, 0.15) is 6.61 Å². The molecule has 2 bridgehead atoms. The zero-order chi connectivity index (χ0) is 13.7. The molecule has 1 saturated carbocycles. The van der Waals surface area contributed by atoms with Gasteiger partial charge in [-0.1, -0.05) is 11.3 Å². The molecular formula is C12H15BrN4O2S. The lowest BCUT2D eigenvalue weighted by Gasteiger charge is -2.41. The van der Waals surface area contributed by atoms with Crippen LogP contribution in [0.5, 0.6) is 0 Å². The van der Waals surface area contributed by atoms with Crippen LogP contribution in [0, 0.1) is 11.8 Å². The average Bonchev–Trinajstić information content (AvgIpc) is 3.09. The number of ether oxygens (including phenoxy) is 1. The summed E-state index contributed by atoms with van der Waals surface area (Å²) in [7, 11) is 0. The Bertz CT molecular complexity index is 525. The number of piperidine rings is 1. The molecule has 0 N–H and O–H groups in total. The van der Waals surface area contributed by atoms with Crippen LogP contribution in [0.2, 0.25) is 0 Å². The number of anilines is 1. The fourth-order valence-corrected chi connectivity index (χ4v) is 4.97. The molecular weight excluding hydrogens is 344 g/mol. The van der Waals surface area contributed by atoms with Gasteiger partial charge in [0, 0.05) is 19.1 Å². The van der Waals surface area contributed by atoms with Gasteiger partial charge in [-0.15, -0.1) is 10.2 Å². The first-order valence-electron chi connectivity index (χ1n) is 6.90. The lowest BCUT2D eigenvalue weighted by atomic mass is 9.91. The van der Waals surface area contributed by atoms with Crippen molar-refractivity contribution in [2.75, 3.05) is 31.1 Å². The zero-order valence-electron chi connectivity index (χ0n) is 10.9. The molecule has 3 aliphatic rings. The number of carbonyl (C=O) groups excluding carboxylic acids is 1. The summed E-state index contributed by atoms with van der Waals surface area (Å²) in [6.07, 6.45) is 2.25. The zero-order valence-corrected chi connectivity index (χ0v) is 13.3. The van der Waals surface area contributed by atoms with Crippen molar-refractivity contribution in [2.45, 2.75) is 18.9 Å². The van der Waals surface area contributed by atoms with Crippen molar-refractivity contribution in [3.8, 4) is 0 Å². The Morgan fingerprint density at radius 2 is 2.00 bits per heavy atom. The molecule has 8 heteroatoms. The number of aromatic nitrogens is 2. The lowest BCUT2D eigenvalue weighted by Crippen LogP contribution is -2.53. The van der Waals surface area contributed by atoms with E-state index >= 15 is 0 Å². The molecule has 4 rings (SSSR count). The van der Waals surface area contributed by atoms with Gasteiger partial charge < -0.3 is 14.5 Å². The third-order valence-corrected chi connectivity index (χ3v) is 6.01. The first kappa shape index (κ1) is 12.8. The van der Waals surface area contributed by atoms with E-state index in [1.165, 1.54) is 12.8 Å². The molecule has 2 aliphatic heterocycles. The van der Waals surface area contributed by atoms with Crippen LogP contribution in [0.25, 0.3) is 0 Å². The number of carbonyl (C=O) groups is 1. The smallest absolute Gasteiger partial charge is 0.410 e. The minimum atomic E-state index is -0.126. The highest BCUT2D eigenvalue weighted by Crippen LogP contribution is 2.42. The summed E-state index contributed by atoms with van der Waals surface area (Å²) in [5, 5.41) is 9.23. The minimum absolute atomic E-state index is 0.126. The van der Waals surface area contributed by atoms with Crippen LogP contribution in [0.1, 0.15) is 12.8 Å². The minimum Gasteiger partial charge on any atom is -0.448 e. The second-order valence-electron chi connectivity index (χ2n) is 5.64. The van der Waals surface area contributed by atoms with E-state index in [4.69, 9.17) is 4.74 Å². The molecule has 0 spiro atoms. The van der Waals surface area contributed by atoms with Crippen molar-refractivity contribution in [2.24, 2.45) is 11.8 Å². The maximum Gasteiger partial charge on any atom is 0.410 e. The van der Waals surface area contributed by atoms with E-state index in [1.54, 1.807) is 11.3 Å². The Labute approximate surface area is 129 Å². The summed E-state index contributed by atoms with van der Waals surface area (Å²) in [4.78, 5) is 16.1. The number of nitrogens with zero attached hydrogens (tertiary/aromatic N) is 4. The molecule has 2 saturated heterocycles. The van der Waals surface area contributed by atoms with Crippen molar-refractivity contribution in [3.05, 3.63) is 3.92 Å². The largest absolute Gasteiger partial charge is 0.448 e. The van der Waals surface area contributed by atoms with Crippen LogP contribution in [-0.4, -0.2) is 53.5 Å². The normalized spacial score (nSPS) is 32.9. The van der Waals surface area contributed by atoms with E-state index in [0.717, 1.165) is 28.7 Å². The molecule has 20 heavy (non-hydrogen) atoms. The summed E-state index contributed by atoms with van der Waals surface area (Å²) < 4.78 is 5.93. The summed E-state index contributed by atoms with van der Waals surface area (Å²) in [6.45, 7) is 3.22. The lowest BCUT2D eigenvalue weighted by molar-refractivity contribution is 0.122. The molecule has 0 radical (unpaired) electrons. The fourth-order valence-electron chi connectivity index (χ4n) is 3.86. The second-order valence-corrected chi connectivity index (χ2v) is 7.87. The number of rotatable bonds is 2. The number of halogens is 1. The van der Waals surface area contributed by atoms with Crippen LogP contribution in [0.3, 0.4) is 0 Å². The Morgan fingerprint density at radius 3 is 2.55 bits per heavy atom. The number of fused-ring (bicyclic) bond motifs is 2. The number of cyclic esters (lactones) is 1. The summed E-state index contributed by atoms with van der Waals surface area (Å²) in [6, 6.07) is 0.359. The third kappa shape index (κ3) is 2.00. The van der Waals surface area contributed by atoms with Crippen LogP contribution < -0.4 is 4.90 Å². The van der Waals surface area contributed by atoms with Crippen molar-refractivity contribution in [1.82, 2.24) is 15.1 Å². The standard InChI is InChI=1S/C12H15BrN4O2S/c13-10-14-15-11(20-10)16-5-7-1-2-8(6-16)9(7)17-3-4-19-12(17)18/h7-9H,1-6H2/t7-,8+,9+. The van der Waals surface area contributed by atoms with E-state index in [1.807, 2.05) is 4.90 Å². The maximum absolute atomic E-state index is 11.8. The van der Waals surface area contributed by atoms with Gasteiger partial charge in [0.15, 0.2) is 3.92 Å². The van der Waals surface area contributed by atoms with Gasteiger partial charge in [-0.25, -0.2) is 4.79 Å². The molecule has 6 nitrogen and oxygen atoms in total. The molecule has 1 aromatic rings. The van der Waals surface area contributed by atoms with Crippen LogP contribution in [0.15, 0.2) is 3.92 Å². The molecule has 1 aliphatic carbocycles. The highest BCUT2D eigenvalue weighted by Gasteiger charge is 2.48. The Balaban J connectivity index is 1.53. The third-order valence-electron chi connectivity index (χ3n) is 4.60. The summed E-state index contributed by atoms with van der Waals surface area (Å²) in [5.74, 6) is 1.06. The molecule has 3 heterocycles. The molecule has 108 valence electrons. The van der Waals surface area contributed by atoms with Crippen molar-refractivity contribution in [1.29, 1.82) is 0 Å². The fraction of sp³-hybridized carbons (Fsp3) is 0.750. The predicted molar refractivity (Wildman–Crippen MR) is 77.9 cm³/mol. The highest BCUT2D eigenvalue weighted by molar-refractivity contribution is 9.11. The van der Waals surface area contributed by atoms with Crippen LogP contribution >= 0.6 is 27.3 Å². The molecule has 0 aromatic carbocycles. The number of hydrogen-bond acceptors (Lipinski definition) is 6. The van der Waals surface area contributed by atoms with Crippen molar-refractivity contribution >= 4 is 38.5 Å². The van der Waals surface area contributed by atoms with Crippen LogP contribution in [-0.2, 0) is 4.74 Å². The van der Waals surface area contributed by atoms with Gasteiger partial charge in [0.2, 0.25) is 5.13 Å². The molecule has 3 fully saturated rings. The molecule has 1 aromatic heterocycles. The van der Waals surface area contributed by atoms with E-state index in [9.17, 15) is 4.79 Å². The van der Waals surface area contributed by atoms with Crippen molar-refractivity contribution < 1.29 is 9.53 Å². The van der Waals surface area contributed by atoms with Gasteiger partial charge in [0.25, 0.3) is 0 Å².